The molecule has 0 aromatic carbocycles. The molecule has 1 fully saturated rings. The van der Waals surface area contributed by atoms with Crippen LogP contribution in [0.4, 0.5) is 0 Å². The van der Waals surface area contributed by atoms with Gasteiger partial charge in [-0.25, -0.2) is 4.79 Å². The molecule has 0 amide bonds. The number of carbonyl (C=O) groups is 1. The largest absolute Gasteiger partial charge is 0.459 e. The van der Waals surface area contributed by atoms with Crippen LogP contribution < -0.4 is 0 Å². The molecule has 2 heteroatoms. The second-order valence-corrected chi connectivity index (χ2v) is 4.01. The lowest BCUT2D eigenvalue weighted by Crippen LogP contribution is -2.27. The molecule has 1 rings (SSSR count). The van der Waals surface area contributed by atoms with Crippen LogP contribution in [-0.4, -0.2) is 12.1 Å². The van der Waals surface area contributed by atoms with Gasteiger partial charge in [0.05, 0.1) is 0 Å². The van der Waals surface area contributed by atoms with Crippen molar-refractivity contribution in [1.82, 2.24) is 0 Å². The summed E-state index contributed by atoms with van der Waals surface area (Å²) in [5.41, 5.74) is 0.151. The van der Waals surface area contributed by atoms with Crippen molar-refractivity contribution in [2.75, 3.05) is 0 Å². The fourth-order valence-electron chi connectivity index (χ4n) is 1.70. The first-order chi connectivity index (χ1) is 5.56. The van der Waals surface area contributed by atoms with Crippen LogP contribution in [0.5, 0.6) is 0 Å². The van der Waals surface area contributed by atoms with Crippen molar-refractivity contribution in [2.45, 2.75) is 39.2 Å². The summed E-state index contributed by atoms with van der Waals surface area (Å²) in [4.78, 5) is 10.9. The van der Waals surface area contributed by atoms with Gasteiger partial charge in [0.15, 0.2) is 0 Å². The highest BCUT2D eigenvalue weighted by Gasteiger charge is 2.36. The molecule has 12 heavy (non-hydrogen) atoms. The Morgan fingerprint density at radius 3 is 2.75 bits per heavy atom. The number of carbonyl (C=O) groups excluding carboxylic acids is 1. The SMILES string of the molecule is C=CC(=O)OC1CCCC1(C)C. The Labute approximate surface area is 73.6 Å². The number of rotatable bonds is 2. The lowest BCUT2D eigenvalue weighted by molar-refractivity contribution is -0.147. The van der Waals surface area contributed by atoms with Gasteiger partial charge in [0.25, 0.3) is 0 Å². The Bertz CT molecular complexity index is 194. The number of esters is 1. The standard InChI is InChI=1S/C10H16O2/c1-4-9(11)12-8-6-5-7-10(8,2)3/h4,8H,1,5-7H2,2-3H3. The van der Waals surface area contributed by atoms with E-state index >= 15 is 0 Å². The molecule has 2 nitrogen and oxygen atoms in total. The van der Waals surface area contributed by atoms with E-state index in [1.807, 2.05) is 0 Å². The fraction of sp³-hybridized carbons (Fsp3) is 0.700. The van der Waals surface area contributed by atoms with E-state index in [9.17, 15) is 4.79 Å². The molecule has 0 N–H and O–H groups in total. The molecular weight excluding hydrogens is 152 g/mol. The van der Waals surface area contributed by atoms with Crippen LogP contribution >= 0.6 is 0 Å². The minimum atomic E-state index is -0.296. The highest BCUT2D eigenvalue weighted by atomic mass is 16.5. The Kier molecular flexibility index (Phi) is 2.55. The van der Waals surface area contributed by atoms with Gasteiger partial charge >= 0.3 is 5.97 Å². The maximum Gasteiger partial charge on any atom is 0.330 e. The molecule has 68 valence electrons. The summed E-state index contributed by atoms with van der Waals surface area (Å²) in [6.07, 6.45) is 4.61. The second-order valence-electron chi connectivity index (χ2n) is 4.01. The topological polar surface area (TPSA) is 26.3 Å². The van der Waals surface area contributed by atoms with E-state index in [0.29, 0.717) is 0 Å². The van der Waals surface area contributed by atoms with Gasteiger partial charge in [-0.05, 0) is 19.3 Å². The number of ether oxygens (including phenoxy) is 1. The van der Waals surface area contributed by atoms with Crippen molar-refractivity contribution in [2.24, 2.45) is 5.41 Å². The summed E-state index contributed by atoms with van der Waals surface area (Å²) in [6, 6.07) is 0. The molecule has 0 aromatic heterocycles. The first-order valence-electron chi connectivity index (χ1n) is 4.39. The van der Waals surface area contributed by atoms with Crippen molar-refractivity contribution in [1.29, 1.82) is 0 Å². The van der Waals surface area contributed by atoms with Crippen LogP contribution in [0.3, 0.4) is 0 Å². The first kappa shape index (κ1) is 9.30. The Morgan fingerprint density at radius 1 is 1.67 bits per heavy atom. The van der Waals surface area contributed by atoms with Crippen LogP contribution in [0.2, 0.25) is 0 Å². The second kappa shape index (κ2) is 3.30. The van der Waals surface area contributed by atoms with Gasteiger partial charge in [-0.15, -0.1) is 0 Å². The van der Waals surface area contributed by atoms with Gasteiger partial charge in [-0.3, -0.25) is 0 Å². The normalized spacial score (nSPS) is 26.7. The van der Waals surface area contributed by atoms with Gasteiger partial charge < -0.3 is 4.74 Å². The fourth-order valence-corrected chi connectivity index (χ4v) is 1.70. The summed E-state index contributed by atoms with van der Waals surface area (Å²) >= 11 is 0. The highest BCUT2D eigenvalue weighted by molar-refractivity contribution is 5.81. The van der Waals surface area contributed by atoms with Crippen molar-refractivity contribution >= 4 is 5.97 Å². The van der Waals surface area contributed by atoms with E-state index in [0.717, 1.165) is 19.3 Å². The van der Waals surface area contributed by atoms with Crippen molar-refractivity contribution in [3.05, 3.63) is 12.7 Å². The van der Waals surface area contributed by atoms with E-state index in [4.69, 9.17) is 4.74 Å². The molecule has 1 aliphatic carbocycles. The monoisotopic (exact) mass is 168 g/mol. The van der Waals surface area contributed by atoms with E-state index in [1.165, 1.54) is 6.08 Å². The highest BCUT2D eigenvalue weighted by Crippen LogP contribution is 2.39. The Hall–Kier alpha value is -0.790. The van der Waals surface area contributed by atoms with Crippen LogP contribution in [0, 0.1) is 5.41 Å². The summed E-state index contributed by atoms with van der Waals surface area (Å²) in [5, 5.41) is 0. The maximum absolute atomic E-state index is 10.9. The van der Waals surface area contributed by atoms with Gasteiger partial charge in [0, 0.05) is 11.5 Å². The van der Waals surface area contributed by atoms with Crippen LogP contribution in [0.15, 0.2) is 12.7 Å². The molecule has 1 atom stereocenters. The van der Waals surface area contributed by atoms with Gasteiger partial charge in [0.1, 0.15) is 6.10 Å². The molecule has 0 spiro atoms. The first-order valence-corrected chi connectivity index (χ1v) is 4.39. The van der Waals surface area contributed by atoms with Gasteiger partial charge in [-0.2, -0.15) is 0 Å². The average Bonchev–Trinajstić information content (AvgIpc) is 2.31. The average molecular weight is 168 g/mol. The molecule has 1 aliphatic rings. The predicted molar refractivity (Wildman–Crippen MR) is 47.7 cm³/mol. The zero-order valence-electron chi connectivity index (χ0n) is 7.80. The smallest absolute Gasteiger partial charge is 0.330 e. The third-order valence-corrected chi connectivity index (χ3v) is 2.58. The minimum Gasteiger partial charge on any atom is -0.459 e. The third-order valence-electron chi connectivity index (χ3n) is 2.58. The van der Waals surface area contributed by atoms with Crippen LogP contribution in [0.1, 0.15) is 33.1 Å². The number of hydrogen-bond acceptors (Lipinski definition) is 2. The quantitative estimate of drug-likeness (QED) is 0.467. The van der Waals surface area contributed by atoms with Crippen LogP contribution in [-0.2, 0) is 9.53 Å². The van der Waals surface area contributed by atoms with Crippen molar-refractivity contribution < 1.29 is 9.53 Å². The number of hydrogen-bond donors (Lipinski definition) is 0. The molecule has 0 saturated heterocycles. The molecule has 0 radical (unpaired) electrons. The molecule has 0 aromatic rings. The minimum absolute atomic E-state index is 0.0861. The van der Waals surface area contributed by atoms with Gasteiger partial charge in [-0.1, -0.05) is 20.4 Å². The predicted octanol–water partition coefficient (Wildman–Crippen LogP) is 2.29. The zero-order valence-corrected chi connectivity index (χ0v) is 7.80. The molecule has 0 aliphatic heterocycles. The third kappa shape index (κ3) is 1.87. The summed E-state index contributed by atoms with van der Waals surface area (Å²) in [6.45, 7) is 7.66. The lowest BCUT2D eigenvalue weighted by atomic mass is 9.89. The summed E-state index contributed by atoms with van der Waals surface area (Å²) < 4.78 is 5.22. The Morgan fingerprint density at radius 2 is 2.33 bits per heavy atom. The summed E-state index contributed by atoms with van der Waals surface area (Å²) in [7, 11) is 0. The summed E-state index contributed by atoms with van der Waals surface area (Å²) in [5.74, 6) is -0.296. The zero-order chi connectivity index (χ0) is 9.19. The van der Waals surface area contributed by atoms with Gasteiger partial charge in [0.2, 0.25) is 0 Å². The molecule has 0 bridgehead atoms. The van der Waals surface area contributed by atoms with E-state index in [-0.39, 0.29) is 17.5 Å². The van der Waals surface area contributed by atoms with E-state index in [2.05, 4.69) is 20.4 Å². The van der Waals surface area contributed by atoms with Crippen molar-refractivity contribution in [3.8, 4) is 0 Å². The maximum atomic E-state index is 10.9. The van der Waals surface area contributed by atoms with Crippen molar-refractivity contribution in [3.63, 3.8) is 0 Å². The molecular formula is C10H16O2. The lowest BCUT2D eigenvalue weighted by Gasteiger charge is -2.25. The van der Waals surface area contributed by atoms with E-state index < -0.39 is 0 Å². The molecule has 1 unspecified atom stereocenters. The molecule has 1 saturated carbocycles. The Balaban J connectivity index is 2.52. The molecule has 0 heterocycles. The van der Waals surface area contributed by atoms with E-state index in [1.54, 1.807) is 0 Å². The van der Waals surface area contributed by atoms with Crippen LogP contribution in [0.25, 0.3) is 0 Å².